The Bertz CT molecular complexity index is 491. The minimum Gasteiger partial charge on any atom is -0.480 e. The summed E-state index contributed by atoms with van der Waals surface area (Å²) < 4.78 is 0. The van der Waals surface area contributed by atoms with E-state index in [2.05, 4.69) is 5.32 Å². The van der Waals surface area contributed by atoms with Crippen LogP contribution in [-0.4, -0.2) is 45.8 Å². The van der Waals surface area contributed by atoms with Gasteiger partial charge in [0.2, 0.25) is 0 Å². The van der Waals surface area contributed by atoms with Gasteiger partial charge >= 0.3 is 12.0 Å². The van der Waals surface area contributed by atoms with Gasteiger partial charge in [-0.05, 0) is 12.5 Å². The fourth-order valence-electron chi connectivity index (χ4n) is 2.37. The first-order valence-corrected chi connectivity index (χ1v) is 6.52. The third-order valence-corrected chi connectivity index (χ3v) is 3.46. The zero-order valence-corrected chi connectivity index (χ0v) is 11.2. The Morgan fingerprint density at radius 1 is 1.35 bits per heavy atom. The predicted octanol–water partition coefficient (Wildman–Crippen LogP) is 0.977. The number of aliphatic hydroxyl groups excluding tert-OH is 1. The van der Waals surface area contributed by atoms with Crippen LogP contribution < -0.4 is 5.32 Å². The number of hydrogen-bond acceptors (Lipinski definition) is 3. The quantitative estimate of drug-likeness (QED) is 0.768. The van der Waals surface area contributed by atoms with Gasteiger partial charge in [-0.2, -0.15) is 0 Å². The lowest BCUT2D eigenvalue weighted by molar-refractivity contribution is -0.141. The van der Waals surface area contributed by atoms with Crippen LogP contribution in [0.5, 0.6) is 0 Å². The van der Waals surface area contributed by atoms with Crippen molar-refractivity contribution in [3.63, 3.8) is 0 Å². The van der Waals surface area contributed by atoms with Crippen molar-refractivity contribution in [3.8, 4) is 0 Å². The summed E-state index contributed by atoms with van der Waals surface area (Å²) in [5, 5.41) is 21.4. The van der Waals surface area contributed by atoms with Crippen molar-refractivity contribution < 1.29 is 19.8 Å². The maximum absolute atomic E-state index is 12.1. The topological polar surface area (TPSA) is 89.9 Å². The number of carboxylic acid groups (broad SMARTS) is 1. The van der Waals surface area contributed by atoms with E-state index in [4.69, 9.17) is 5.11 Å². The summed E-state index contributed by atoms with van der Waals surface area (Å²) in [4.78, 5) is 24.4. The van der Waals surface area contributed by atoms with E-state index in [1.165, 1.54) is 4.90 Å². The third kappa shape index (κ3) is 3.08. The van der Waals surface area contributed by atoms with Crippen molar-refractivity contribution in [3.05, 3.63) is 35.9 Å². The lowest BCUT2D eigenvalue weighted by Crippen LogP contribution is -2.46. The summed E-state index contributed by atoms with van der Waals surface area (Å²) in [6.07, 6.45) is -0.712. The molecule has 0 saturated carbocycles. The largest absolute Gasteiger partial charge is 0.480 e. The first-order valence-electron chi connectivity index (χ1n) is 6.52. The molecule has 3 N–H and O–H groups in total. The van der Waals surface area contributed by atoms with Gasteiger partial charge < -0.3 is 20.4 Å². The number of β-amino-alcohol motifs (C(OH)–C–C–N with tert-alkyl or cyclic N) is 1. The molecule has 0 radical (unpaired) electrons. The molecule has 0 bridgehead atoms. The van der Waals surface area contributed by atoms with E-state index in [9.17, 15) is 14.7 Å². The molecule has 1 fully saturated rings. The Labute approximate surface area is 117 Å². The Hall–Kier alpha value is -2.08. The van der Waals surface area contributed by atoms with Crippen LogP contribution in [0.4, 0.5) is 4.79 Å². The molecule has 1 saturated heterocycles. The Morgan fingerprint density at radius 2 is 2.00 bits per heavy atom. The molecule has 6 nitrogen and oxygen atoms in total. The number of aliphatic carboxylic acids is 1. The molecular formula is C14H18N2O4. The highest BCUT2D eigenvalue weighted by Gasteiger charge is 2.39. The molecule has 6 heteroatoms. The molecule has 20 heavy (non-hydrogen) atoms. The van der Waals surface area contributed by atoms with Crippen molar-refractivity contribution in [2.75, 3.05) is 6.54 Å². The zero-order valence-electron chi connectivity index (χ0n) is 11.2. The highest BCUT2D eigenvalue weighted by atomic mass is 16.4. The maximum atomic E-state index is 12.1. The van der Waals surface area contributed by atoms with E-state index in [1.54, 1.807) is 0 Å². The van der Waals surface area contributed by atoms with Gasteiger partial charge in [0.05, 0.1) is 12.1 Å². The molecule has 1 aliphatic heterocycles. The van der Waals surface area contributed by atoms with E-state index >= 15 is 0 Å². The fraction of sp³-hybridized carbons (Fsp3) is 0.429. The van der Waals surface area contributed by atoms with Crippen LogP contribution in [0.2, 0.25) is 0 Å². The molecule has 1 unspecified atom stereocenters. The number of nitrogens with one attached hydrogen (secondary N) is 1. The molecule has 2 amide bonds. The highest BCUT2D eigenvalue weighted by Crippen LogP contribution is 2.19. The van der Waals surface area contributed by atoms with E-state index in [1.807, 2.05) is 37.3 Å². The van der Waals surface area contributed by atoms with Crippen LogP contribution in [0.1, 0.15) is 24.9 Å². The van der Waals surface area contributed by atoms with E-state index < -0.39 is 24.1 Å². The number of nitrogens with zero attached hydrogens (tertiary/aromatic N) is 1. The third-order valence-electron chi connectivity index (χ3n) is 3.46. The number of rotatable bonds is 3. The van der Waals surface area contributed by atoms with Crippen LogP contribution in [0.3, 0.4) is 0 Å². The summed E-state index contributed by atoms with van der Waals surface area (Å²) >= 11 is 0. The van der Waals surface area contributed by atoms with E-state index in [0.717, 1.165) is 5.56 Å². The van der Waals surface area contributed by atoms with Crippen LogP contribution in [0.15, 0.2) is 30.3 Å². The van der Waals surface area contributed by atoms with Crippen LogP contribution in [0.25, 0.3) is 0 Å². The molecule has 1 aromatic carbocycles. The van der Waals surface area contributed by atoms with Gasteiger partial charge in [0.25, 0.3) is 0 Å². The smallest absolute Gasteiger partial charge is 0.326 e. The molecule has 1 heterocycles. The number of carbonyl (C=O) groups is 2. The van der Waals surface area contributed by atoms with Gasteiger partial charge in [0.1, 0.15) is 6.04 Å². The summed E-state index contributed by atoms with van der Waals surface area (Å²) in [6, 6.07) is 7.75. The zero-order chi connectivity index (χ0) is 14.7. The molecule has 1 aliphatic rings. The highest BCUT2D eigenvalue weighted by molar-refractivity contribution is 5.83. The second-order valence-corrected chi connectivity index (χ2v) is 4.98. The number of hydrogen-bond donors (Lipinski definition) is 3. The van der Waals surface area contributed by atoms with Crippen molar-refractivity contribution in [1.82, 2.24) is 10.2 Å². The van der Waals surface area contributed by atoms with Crippen molar-refractivity contribution in [2.45, 2.75) is 31.5 Å². The molecule has 108 valence electrons. The van der Waals surface area contributed by atoms with Crippen molar-refractivity contribution >= 4 is 12.0 Å². The molecule has 1 aromatic rings. The van der Waals surface area contributed by atoms with Crippen molar-refractivity contribution in [1.29, 1.82) is 0 Å². The maximum Gasteiger partial charge on any atom is 0.326 e. The number of benzene rings is 1. The molecule has 3 atom stereocenters. The second-order valence-electron chi connectivity index (χ2n) is 4.98. The monoisotopic (exact) mass is 278 g/mol. The minimum atomic E-state index is -1.09. The van der Waals surface area contributed by atoms with Crippen LogP contribution in [-0.2, 0) is 4.79 Å². The van der Waals surface area contributed by atoms with Gasteiger partial charge in [-0.1, -0.05) is 30.3 Å². The first kappa shape index (κ1) is 14.3. The number of likely N-dealkylation sites (tertiary alicyclic amines) is 1. The Morgan fingerprint density at radius 3 is 2.60 bits per heavy atom. The summed E-state index contributed by atoms with van der Waals surface area (Å²) in [6.45, 7) is 1.87. The van der Waals surface area contributed by atoms with Gasteiger partial charge in [0.15, 0.2) is 0 Å². The molecule has 2 rings (SSSR count). The Balaban J connectivity index is 2.02. The van der Waals surface area contributed by atoms with Crippen LogP contribution in [0, 0.1) is 0 Å². The summed E-state index contributed by atoms with van der Waals surface area (Å²) in [5.74, 6) is -1.09. The van der Waals surface area contributed by atoms with Gasteiger partial charge in [-0.15, -0.1) is 0 Å². The molecular weight excluding hydrogens is 260 g/mol. The number of carboxylic acids is 1. The normalized spacial score (nSPS) is 23.4. The van der Waals surface area contributed by atoms with E-state index in [-0.39, 0.29) is 19.0 Å². The predicted molar refractivity (Wildman–Crippen MR) is 72.1 cm³/mol. The molecule has 0 spiro atoms. The number of aliphatic hydroxyl groups is 1. The summed E-state index contributed by atoms with van der Waals surface area (Å²) in [5.41, 5.74) is 0.937. The van der Waals surface area contributed by atoms with Crippen LogP contribution >= 0.6 is 0 Å². The average molecular weight is 278 g/mol. The minimum absolute atomic E-state index is 0.0459. The number of amides is 2. The molecule has 0 aromatic heterocycles. The lowest BCUT2D eigenvalue weighted by atomic mass is 10.1. The SMILES string of the molecule is CC(NC(=O)N1C[C@H](O)C[C@H]1C(=O)O)c1ccccc1. The van der Waals surface area contributed by atoms with E-state index in [0.29, 0.717) is 0 Å². The van der Waals surface area contributed by atoms with Gasteiger partial charge in [0, 0.05) is 13.0 Å². The lowest BCUT2D eigenvalue weighted by Gasteiger charge is -2.24. The fourth-order valence-corrected chi connectivity index (χ4v) is 2.37. The van der Waals surface area contributed by atoms with Crippen molar-refractivity contribution in [2.24, 2.45) is 0 Å². The first-order chi connectivity index (χ1) is 9.49. The molecule has 0 aliphatic carbocycles. The number of urea groups is 1. The van der Waals surface area contributed by atoms with Gasteiger partial charge in [-0.3, -0.25) is 0 Å². The van der Waals surface area contributed by atoms with Gasteiger partial charge in [-0.25, -0.2) is 9.59 Å². The number of carbonyl (C=O) groups excluding carboxylic acids is 1. The second kappa shape index (κ2) is 5.92. The summed E-state index contributed by atoms with van der Waals surface area (Å²) in [7, 11) is 0. The average Bonchev–Trinajstić information content (AvgIpc) is 2.82. The Kier molecular flexibility index (Phi) is 4.24. The standard InChI is InChI=1S/C14H18N2O4/c1-9(10-5-3-2-4-6-10)15-14(20)16-8-11(17)7-12(16)13(18)19/h2-6,9,11-12,17H,7-8H2,1H3,(H,15,20)(H,18,19)/t9?,11-,12+/m1/s1.